The quantitative estimate of drug-likeness (QED) is 0.805. The summed E-state index contributed by atoms with van der Waals surface area (Å²) in [7, 11) is 0. The van der Waals surface area contributed by atoms with Gasteiger partial charge in [-0.3, -0.25) is 4.98 Å². The first-order chi connectivity index (χ1) is 7.38. The standard InChI is InChI=1S/C13H14N2/c14-8-10-7-13(9-5-6-9)15-12-4-2-1-3-11(10)12/h1-4,7,9H,5-6,8,14H2. The van der Waals surface area contributed by atoms with E-state index in [0.29, 0.717) is 12.5 Å². The van der Waals surface area contributed by atoms with Crippen molar-refractivity contribution in [3.63, 3.8) is 0 Å². The second kappa shape index (κ2) is 3.31. The minimum atomic E-state index is 0.600. The molecule has 1 heterocycles. The van der Waals surface area contributed by atoms with Gasteiger partial charge in [0, 0.05) is 23.5 Å². The maximum Gasteiger partial charge on any atom is 0.0708 e. The Morgan fingerprint density at radius 2 is 2.07 bits per heavy atom. The van der Waals surface area contributed by atoms with Crippen molar-refractivity contribution in [1.29, 1.82) is 0 Å². The summed E-state index contributed by atoms with van der Waals surface area (Å²) in [6.07, 6.45) is 2.57. The van der Waals surface area contributed by atoms with Gasteiger partial charge >= 0.3 is 0 Å². The average Bonchev–Trinajstić information content (AvgIpc) is 3.11. The SMILES string of the molecule is NCc1cc(C2CC2)nc2ccccc12. The van der Waals surface area contributed by atoms with Crippen LogP contribution in [0.5, 0.6) is 0 Å². The highest BCUT2D eigenvalue weighted by molar-refractivity contribution is 5.82. The molecular weight excluding hydrogens is 184 g/mol. The van der Waals surface area contributed by atoms with Crippen LogP contribution in [0.3, 0.4) is 0 Å². The Balaban J connectivity index is 2.25. The minimum Gasteiger partial charge on any atom is -0.326 e. The molecule has 0 atom stereocenters. The monoisotopic (exact) mass is 198 g/mol. The maximum absolute atomic E-state index is 5.78. The molecule has 76 valence electrons. The number of benzene rings is 1. The highest BCUT2D eigenvalue weighted by atomic mass is 14.7. The Morgan fingerprint density at radius 1 is 1.27 bits per heavy atom. The van der Waals surface area contributed by atoms with Gasteiger partial charge in [-0.25, -0.2) is 0 Å². The van der Waals surface area contributed by atoms with Crippen LogP contribution >= 0.6 is 0 Å². The summed E-state index contributed by atoms with van der Waals surface area (Å²) >= 11 is 0. The molecule has 1 aliphatic rings. The Hall–Kier alpha value is -1.41. The molecule has 0 spiro atoms. The van der Waals surface area contributed by atoms with Crippen molar-refractivity contribution in [2.45, 2.75) is 25.3 Å². The van der Waals surface area contributed by atoms with E-state index >= 15 is 0 Å². The molecule has 0 aliphatic heterocycles. The van der Waals surface area contributed by atoms with Gasteiger partial charge < -0.3 is 5.73 Å². The predicted octanol–water partition coefficient (Wildman–Crippen LogP) is 2.57. The van der Waals surface area contributed by atoms with E-state index in [2.05, 4.69) is 18.2 Å². The van der Waals surface area contributed by atoms with Gasteiger partial charge in [-0.2, -0.15) is 0 Å². The number of hydrogen-bond acceptors (Lipinski definition) is 2. The highest BCUT2D eigenvalue weighted by Crippen LogP contribution is 2.40. The van der Waals surface area contributed by atoms with E-state index < -0.39 is 0 Å². The van der Waals surface area contributed by atoms with E-state index in [1.54, 1.807) is 0 Å². The lowest BCUT2D eigenvalue weighted by molar-refractivity contribution is 1.01. The normalized spacial score (nSPS) is 15.8. The Kier molecular flexibility index (Phi) is 1.96. The van der Waals surface area contributed by atoms with Gasteiger partial charge in [-0.15, -0.1) is 0 Å². The van der Waals surface area contributed by atoms with E-state index in [0.717, 1.165) is 5.52 Å². The van der Waals surface area contributed by atoms with Crippen molar-refractivity contribution in [3.8, 4) is 0 Å². The lowest BCUT2D eigenvalue weighted by Gasteiger charge is -2.06. The van der Waals surface area contributed by atoms with Crippen LogP contribution in [0.15, 0.2) is 30.3 Å². The summed E-state index contributed by atoms with van der Waals surface area (Å²) in [5.74, 6) is 0.694. The maximum atomic E-state index is 5.78. The molecule has 1 aromatic carbocycles. The van der Waals surface area contributed by atoms with E-state index in [1.165, 1.54) is 29.5 Å². The zero-order valence-corrected chi connectivity index (χ0v) is 8.61. The minimum absolute atomic E-state index is 0.600. The predicted molar refractivity (Wildman–Crippen MR) is 61.6 cm³/mol. The molecule has 0 unspecified atom stereocenters. The third-order valence-electron chi connectivity index (χ3n) is 3.04. The first kappa shape index (κ1) is 8.86. The summed E-state index contributed by atoms with van der Waals surface area (Å²) in [4.78, 5) is 4.69. The Labute approximate surface area is 89.1 Å². The fraction of sp³-hybridized carbons (Fsp3) is 0.308. The largest absolute Gasteiger partial charge is 0.326 e. The smallest absolute Gasteiger partial charge is 0.0708 e. The van der Waals surface area contributed by atoms with Crippen molar-refractivity contribution >= 4 is 10.9 Å². The molecule has 2 heteroatoms. The van der Waals surface area contributed by atoms with Crippen LogP contribution in [0.25, 0.3) is 10.9 Å². The molecule has 1 aliphatic carbocycles. The fourth-order valence-corrected chi connectivity index (χ4v) is 2.03. The zero-order chi connectivity index (χ0) is 10.3. The number of fused-ring (bicyclic) bond motifs is 1. The van der Waals surface area contributed by atoms with Gasteiger partial charge in [0.25, 0.3) is 0 Å². The summed E-state index contributed by atoms with van der Waals surface area (Å²) in [6, 6.07) is 10.4. The van der Waals surface area contributed by atoms with E-state index in [4.69, 9.17) is 10.7 Å². The molecular formula is C13H14N2. The molecule has 15 heavy (non-hydrogen) atoms. The van der Waals surface area contributed by atoms with Gasteiger partial charge in [0.15, 0.2) is 0 Å². The van der Waals surface area contributed by atoms with Crippen LogP contribution in [-0.2, 0) is 6.54 Å². The molecule has 0 amide bonds. The molecule has 1 fully saturated rings. The summed E-state index contributed by atoms with van der Waals surface area (Å²) in [5, 5.41) is 1.20. The number of aromatic nitrogens is 1. The number of nitrogens with two attached hydrogens (primary N) is 1. The first-order valence-electron chi connectivity index (χ1n) is 5.47. The van der Waals surface area contributed by atoms with Gasteiger partial charge in [-0.05, 0) is 30.5 Å². The lowest BCUT2D eigenvalue weighted by Crippen LogP contribution is -2.00. The molecule has 0 saturated heterocycles. The molecule has 2 nitrogen and oxygen atoms in total. The second-order valence-electron chi connectivity index (χ2n) is 4.20. The second-order valence-corrected chi connectivity index (χ2v) is 4.20. The van der Waals surface area contributed by atoms with Gasteiger partial charge in [0.2, 0.25) is 0 Å². The molecule has 2 N–H and O–H groups in total. The van der Waals surface area contributed by atoms with Crippen molar-refractivity contribution in [1.82, 2.24) is 4.98 Å². The number of nitrogens with zero attached hydrogens (tertiary/aromatic N) is 1. The van der Waals surface area contributed by atoms with E-state index in [9.17, 15) is 0 Å². The topological polar surface area (TPSA) is 38.9 Å². The number of pyridine rings is 1. The number of hydrogen-bond donors (Lipinski definition) is 1. The van der Waals surface area contributed by atoms with Gasteiger partial charge in [0.1, 0.15) is 0 Å². The van der Waals surface area contributed by atoms with E-state index in [-0.39, 0.29) is 0 Å². The van der Waals surface area contributed by atoms with Gasteiger partial charge in [0.05, 0.1) is 5.52 Å². The van der Waals surface area contributed by atoms with Crippen LogP contribution in [0.1, 0.15) is 30.0 Å². The lowest BCUT2D eigenvalue weighted by atomic mass is 10.1. The van der Waals surface area contributed by atoms with E-state index in [1.807, 2.05) is 12.1 Å². The summed E-state index contributed by atoms with van der Waals surface area (Å²) in [5.41, 5.74) is 9.32. The summed E-state index contributed by atoms with van der Waals surface area (Å²) in [6.45, 7) is 0.600. The number of rotatable bonds is 2. The molecule has 3 rings (SSSR count). The van der Waals surface area contributed by atoms with Gasteiger partial charge in [-0.1, -0.05) is 18.2 Å². The number of para-hydroxylation sites is 1. The van der Waals surface area contributed by atoms with Crippen LogP contribution < -0.4 is 5.73 Å². The van der Waals surface area contributed by atoms with Crippen molar-refractivity contribution in [3.05, 3.63) is 41.6 Å². The fourth-order valence-electron chi connectivity index (χ4n) is 2.03. The van der Waals surface area contributed by atoms with Crippen LogP contribution in [0.4, 0.5) is 0 Å². The van der Waals surface area contributed by atoms with Crippen molar-refractivity contribution in [2.24, 2.45) is 5.73 Å². The third-order valence-corrected chi connectivity index (χ3v) is 3.04. The molecule has 1 saturated carbocycles. The van der Waals surface area contributed by atoms with Crippen LogP contribution in [0, 0.1) is 0 Å². The first-order valence-corrected chi connectivity index (χ1v) is 5.47. The van der Waals surface area contributed by atoms with Crippen LogP contribution in [-0.4, -0.2) is 4.98 Å². The van der Waals surface area contributed by atoms with Crippen molar-refractivity contribution in [2.75, 3.05) is 0 Å². The van der Waals surface area contributed by atoms with Crippen LogP contribution in [0.2, 0.25) is 0 Å². The highest BCUT2D eigenvalue weighted by Gasteiger charge is 2.25. The Bertz CT molecular complexity index is 501. The molecule has 0 bridgehead atoms. The molecule has 2 aromatic rings. The van der Waals surface area contributed by atoms with Crippen molar-refractivity contribution < 1.29 is 0 Å². The third kappa shape index (κ3) is 1.51. The summed E-state index contributed by atoms with van der Waals surface area (Å²) < 4.78 is 0. The average molecular weight is 198 g/mol. The molecule has 1 aromatic heterocycles. The zero-order valence-electron chi connectivity index (χ0n) is 8.61. The Morgan fingerprint density at radius 3 is 2.80 bits per heavy atom. The molecule has 0 radical (unpaired) electrons.